The topological polar surface area (TPSA) is 218 Å². The van der Waals surface area contributed by atoms with Gasteiger partial charge in [-0.2, -0.15) is 0 Å². The van der Waals surface area contributed by atoms with Gasteiger partial charge in [0.2, 0.25) is 0 Å². The van der Waals surface area contributed by atoms with Crippen LogP contribution in [0.15, 0.2) is 0 Å². The Morgan fingerprint density at radius 3 is 1.42 bits per heavy atom. The van der Waals surface area contributed by atoms with Gasteiger partial charge in [0.25, 0.3) is 0 Å². The molecule has 13 nitrogen and oxygen atoms in total. The van der Waals surface area contributed by atoms with E-state index in [0.29, 0.717) is 43.9 Å². The van der Waals surface area contributed by atoms with Gasteiger partial charge >= 0.3 is 11.9 Å². The first-order valence-electron chi connectivity index (χ1n) is 24.9. The number of rotatable bonds is 40. The fourth-order valence-electron chi connectivity index (χ4n) is 8.65. The Morgan fingerprint density at radius 2 is 0.984 bits per heavy atom. The highest BCUT2D eigenvalue weighted by atomic mass is 16.6. The van der Waals surface area contributed by atoms with Gasteiger partial charge < -0.3 is 50.3 Å². The van der Waals surface area contributed by atoms with Gasteiger partial charge in [-0.3, -0.25) is 14.5 Å². The average molecular weight is 884 g/mol. The highest BCUT2D eigenvalue weighted by Crippen LogP contribution is 2.34. The second kappa shape index (κ2) is 30.8. The molecule has 0 amide bonds. The van der Waals surface area contributed by atoms with Crippen molar-refractivity contribution < 1.29 is 59.9 Å². The Hall–Kier alpha value is -1.36. The lowest BCUT2D eigenvalue weighted by Gasteiger charge is -2.36. The van der Waals surface area contributed by atoms with E-state index < -0.39 is 80.4 Å². The Bertz CT molecular complexity index is 1090. The second-order valence-electron chi connectivity index (χ2n) is 19.7. The number of carbonyl (C=O) groups is 2. The molecule has 2 aliphatic carbocycles. The first-order valence-corrected chi connectivity index (χ1v) is 24.9. The predicted molar refractivity (Wildman–Crippen MR) is 241 cm³/mol. The molecule has 2 aliphatic rings. The summed E-state index contributed by atoms with van der Waals surface area (Å²) in [5.41, 5.74) is -2.05. The highest BCUT2D eigenvalue weighted by Gasteiger charge is 2.37. The highest BCUT2D eigenvalue weighted by molar-refractivity contribution is 6.14. The maximum atomic E-state index is 13.2. The molecule has 0 saturated heterocycles. The second-order valence-corrected chi connectivity index (χ2v) is 19.7. The lowest BCUT2D eigenvalue weighted by molar-refractivity contribution is -0.237. The van der Waals surface area contributed by atoms with E-state index in [1.54, 1.807) is 0 Å². The van der Waals surface area contributed by atoms with Crippen molar-refractivity contribution >= 4 is 19.8 Å². The number of hydrogen-bond acceptors (Lipinski definition) is 13. The first kappa shape index (κ1) is 56.8. The summed E-state index contributed by atoms with van der Waals surface area (Å²) in [5.74, 6) is -7.75. The van der Waals surface area contributed by atoms with Crippen LogP contribution in [0.25, 0.3) is 0 Å². The third-order valence-electron chi connectivity index (χ3n) is 13.4. The Balaban J connectivity index is 1.90. The monoisotopic (exact) mass is 884 g/mol. The molecular weight excluding hydrogens is 793 g/mol. The number of aliphatic hydroxyl groups is 8. The maximum Gasteiger partial charge on any atom is 0.309 e. The molecule has 3 atom stereocenters. The molecular formula is C48H90BNO12. The van der Waals surface area contributed by atoms with Gasteiger partial charge in [-0.05, 0) is 76.2 Å². The molecule has 0 bridgehead atoms. The molecule has 362 valence electrons. The summed E-state index contributed by atoms with van der Waals surface area (Å²) in [4.78, 5) is 27.7. The summed E-state index contributed by atoms with van der Waals surface area (Å²) in [5, 5.41) is 85.7. The van der Waals surface area contributed by atoms with Crippen molar-refractivity contribution in [2.24, 2.45) is 23.7 Å². The molecule has 2 fully saturated rings. The molecule has 62 heavy (non-hydrogen) atoms. The average Bonchev–Trinajstić information content (AvgIpc) is 3.17. The minimum absolute atomic E-state index is 0.125. The predicted octanol–water partition coefficient (Wildman–Crippen LogP) is 6.50. The standard InChI is InChI=1S/C48H90BNO12/c1-3-5-7-9-11-13-23-41(27-25-39-19-17-20-39)43(52)61-37-45(49,54)29-30-46(55,56)35-50(33-15-16-34-51)36-47(57,58)31-32-48(59,60)38-62-44(53)42(28-26-40-21-18-22-40)24-14-12-10-8-6-4-2/h39-42,51,54-60H,3-38H2,1-2H3. The van der Waals surface area contributed by atoms with Crippen LogP contribution >= 0.6 is 0 Å². The molecule has 2 saturated carbocycles. The van der Waals surface area contributed by atoms with Gasteiger partial charge in [0.15, 0.2) is 17.4 Å². The van der Waals surface area contributed by atoms with E-state index >= 15 is 0 Å². The third kappa shape index (κ3) is 26.6. The summed E-state index contributed by atoms with van der Waals surface area (Å²) in [6.45, 7) is 2.07. The molecule has 0 aliphatic heterocycles. The van der Waals surface area contributed by atoms with Gasteiger partial charge in [-0.1, -0.05) is 129 Å². The maximum absolute atomic E-state index is 13.2. The van der Waals surface area contributed by atoms with E-state index in [4.69, 9.17) is 17.3 Å². The van der Waals surface area contributed by atoms with Gasteiger partial charge in [0, 0.05) is 25.9 Å². The number of hydrogen-bond donors (Lipinski definition) is 8. The minimum atomic E-state index is -2.54. The van der Waals surface area contributed by atoms with Crippen molar-refractivity contribution in [2.45, 2.75) is 229 Å². The van der Waals surface area contributed by atoms with Crippen LogP contribution in [0.2, 0.25) is 0 Å². The SMILES string of the molecule is [B]C(O)(CCC(O)(O)CN(CCCCO)CC(O)(O)CCC(O)(O)COC(=O)C(CCCCCCCC)CCC1CCC1)COC(=O)C(CCCCCCCC)CCC1CCC1. The Morgan fingerprint density at radius 1 is 0.565 bits per heavy atom. The number of aliphatic hydroxyl groups excluding tert-OH is 1. The van der Waals surface area contributed by atoms with Crippen LogP contribution in [0, 0.1) is 23.7 Å². The summed E-state index contributed by atoms with van der Waals surface area (Å²) < 4.78 is 11.0. The van der Waals surface area contributed by atoms with Crippen molar-refractivity contribution in [3.63, 3.8) is 0 Å². The quantitative estimate of drug-likeness (QED) is 0.0143. The third-order valence-corrected chi connectivity index (χ3v) is 13.4. The zero-order valence-electron chi connectivity index (χ0n) is 39.0. The molecule has 2 radical (unpaired) electrons. The normalized spacial score (nSPS) is 17.3. The molecule has 3 unspecified atom stereocenters. The zero-order valence-corrected chi connectivity index (χ0v) is 39.0. The summed E-state index contributed by atoms with van der Waals surface area (Å²) >= 11 is 0. The molecule has 0 heterocycles. The molecule has 0 aromatic rings. The molecule has 14 heteroatoms. The van der Waals surface area contributed by atoms with E-state index in [-0.39, 0.29) is 31.4 Å². The van der Waals surface area contributed by atoms with E-state index in [1.807, 2.05) is 0 Å². The summed E-state index contributed by atoms with van der Waals surface area (Å²) in [7, 11) is 6.10. The fourth-order valence-corrected chi connectivity index (χ4v) is 8.65. The smallest absolute Gasteiger partial charge is 0.309 e. The van der Waals surface area contributed by atoms with Gasteiger partial charge in [-0.15, -0.1) is 0 Å². The number of nitrogens with zero attached hydrogens (tertiary/aromatic N) is 1. The lowest BCUT2D eigenvalue weighted by Crippen LogP contribution is -2.51. The van der Waals surface area contributed by atoms with Crippen LogP contribution in [0.3, 0.4) is 0 Å². The summed E-state index contributed by atoms with van der Waals surface area (Å²) in [6, 6.07) is 0. The molecule has 0 aromatic carbocycles. The number of carbonyl (C=O) groups excluding carboxylic acids is 2. The lowest BCUT2D eigenvalue weighted by atomic mass is 9.77. The minimum Gasteiger partial charge on any atom is -0.463 e. The van der Waals surface area contributed by atoms with E-state index in [1.165, 1.54) is 75.5 Å². The van der Waals surface area contributed by atoms with Crippen molar-refractivity contribution in [1.29, 1.82) is 0 Å². The van der Waals surface area contributed by atoms with Gasteiger partial charge in [0.1, 0.15) is 21.1 Å². The van der Waals surface area contributed by atoms with Crippen LogP contribution < -0.4 is 0 Å². The van der Waals surface area contributed by atoms with E-state index in [9.17, 15) is 50.4 Å². The van der Waals surface area contributed by atoms with Gasteiger partial charge in [0.05, 0.1) is 30.4 Å². The van der Waals surface area contributed by atoms with Gasteiger partial charge in [-0.25, -0.2) is 0 Å². The number of unbranched alkanes of at least 4 members (excludes halogenated alkanes) is 11. The largest absolute Gasteiger partial charge is 0.463 e. The molecule has 0 spiro atoms. The van der Waals surface area contributed by atoms with E-state index in [2.05, 4.69) is 13.8 Å². The van der Waals surface area contributed by atoms with Crippen molar-refractivity contribution in [3.8, 4) is 0 Å². The van der Waals surface area contributed by atoms with E-state index in [0.717, 1.165) is 64.2 Å². The van der Waals surface area contributed by atoms with Crippen LogP contribution in [0.5, 0.6) is 0 Å². The molecule has 2 rings (SSSR count). The Kier molecular flexibility index (Phi) is 28.2. The van der Waals surface area contributed by atoms with Crippen molar-refractivity contribution in [2.75, 3.05) is 39.5 Å². The Labute approximate surface area is 376 Å². The van der Waals surface area contributed by atoms with Crippen LogP contribution in [0.4, 0.5) is 0 Å². The van der Waals surface area contributed by atoms with Crippen molar-refractivity contribution in [3.05, 3.63) is 0 Å². The number of ether oxygens (including phenoxy) is 2. The number of esters is 2. The van der Waals surface area contributed by atoms with Crippen LogP contribution in [-0.4, -0.2) is 128 Å². The van der Waals surface area contributed by atoms with Crippen molar-refractivity contribution in [1.82, 2.24) is 4.90 Å². The zero-order chi connectivity index (χ0) is 45.9. The van der Waals surface area contributed by atoms with Crippen LogP contribution in [-0.2, 0) is 19.1 Å². The first-order chi connectivity index (χ1) is 29.4. The van der Waals surface area contributed by atoms with Crippen LogP contribution in [0.1, 0.15) is 206 Å². The fraction of sp³-hybridized carbons (Fsp3) is 0.958. The molecule has 8 N–H and O–H groups in total. The summed E-state index contributed by atoms with van der Waals surface area (Å²) in [6.07, 6.45) is 24.0. The molecule has 0 aromatic heterocycles.